The van der Waals surface area contributed by atoms with Crippen molar-refractivity contribution in [2.75, 3.05) is 0 Å². The summed E-state index contributed by atoms with van der Waals surface area (Å²) in [5, 5.41) is 12.3. The van der Waals surface area contributed by atoms with Gasteiger partial charge in [-0.1, -0.05) is 49.0 Å². The van der Waals surface area contributed by atoms with Crippen LogP contribution in [0.3, 0.4) is 0 Å². The summed E-state index contributed by atoms with van der Waals surface area (Å²) in [7, 11) is 0. The lowest BCUT2D eigenvalue weighted by Crippen LogP contribution is -2.41. The molecule has 2 N–H and O–H groups in total. The van der Waals surface area contributed by atoms with Crippen molar-refractivity contribution in [2.24, 2.45) is 0 Å². The second-order valence-electron chi connectivity index (χ2n) is 4.48. The van der Waals surface area contributed by atoms with Crippen molar-refractivity contribution in [3.63, 3.8) is 0 Å². The highest BCUT2D eigenvalue weighted by Crippen LogP contribution is 2.24. The number of amides is 1. The fourth-order valence-electron chi connectivity index (χ4n) is 1.77. The highest BCUT2D eigenvalue weighted by molar-refractivity contribution is 6.36. The number of benzene rings is 1. The number of carbonyl (C=O) groups excluding carboxylic acids is 1. The van der Waals surface area contributed by atoms with E-state index in [4.69, 9.17) is 28.3 Å². The zero-order valence-electron chi connectivity index (χ0n) is 11.2. The monoisotopic (exact) mass is 317 g/mol. The number of carboxylic acids is 1. The van der Waals surface area contributed by atoms with Gasteiger partial charge in [0.1, 0.15) is 6.04 Å². The van der Waals surface area contributed by atoms with E-state index >= 15 is 0 Å². The molecule has 0 radical (unpaired) electrons. The van der Waals surface area contributed by atoms with Crippen LogP contribution in [-0.2, 0) is 16.0 Å². The van der Waals surface area contributed by atoms with E-state index < -0.39 is 17.9 Å². The van der Waals surface area contributed by atoms with Crippen LogP contribution in [0.15, 0.2) is 18.2 Å². The van der Waals surface area contributed by atoms with Gasteiger partial charge in [0, 0.05) is 10.0 Å². The van der Waals surface area contributed by atoms with E-state index in [1.54, 1.807) is 18.2 Å². The van der Waals surface area contributed by atoms with E-state index in [9.17, 15) is 9.59 Å². The number of halogens is 2. The molecule has 0 spiro atoms. The molecule has 0 aliphatic carbocycles. The lowest BCUT2D eigenvalue weighted by molar-refractivity contribution is -0.141. The highest BCUT2D eigenvalue weighted by atomic mass is 35.5. The molecule has 0 saturated carbocycles. The molecule has 0 aliphatic rings. The third-order valence-corrected chi connectivity index (χ3v) is 3.59. The zero-order valence-corrected chi connectivity index (χ0v) is 12.7. The Bertz CT molecular complexity index is 471. The lowest BCUT2D eigenvalue weighted by atomic mass is 10.1. The SMILES string of the molecule is CCCCC(NC(=O)Cc1c(Cl)cccc1Cl)C(=O)O. The number of nitrogens with one attached hydrogen (secondary N) is 1. The molecular weight excluding hydrogens is 301 g/mol. The number of carboxylic acid groups (broad SMARTS) is 1. The second kappa shape index (κ2) is 8.12. The van der Waals surface area contributed by atoms with E-state index in [1.165, 1.54) is 0 Å². The van der Waals surface area contributed by atoms with Crippen LogP contribution >= 0.6 is 23.2 Å². The third kappa shape index (κ3) is 5.02. The molecule has 0 heterocycles. The molecule has 1 aromatic rings. The van der Waals surface area contributed by atoms with Crippen LogP contribution in [0, 0.1) is 0 Å². The van der Waals surface area contributed by atoms with E-state index in [1.807, 2.05) is 6.92 Å². The summed E-state index contributed by atoms with van der Waals surface area (Å²) in [4.78, 5) is 23.0. The molecule has 0 aliphatic heterocycles. The Morgan fingerprint density at radius 2 is 1.90 bits per heavy atom. The summed E-state index contributed by atoms with van der Waals surface area (Å²) in [5.74, 6) is -1.43. The number of hydrogen-bond donors (Lipinski definition) is 2. The first-order valence-electron chi connectivity index (χ1n) is 6.40. The molecule has 1 aromatic carbocycles. The minimum atomic E-state index is -1.03. The summed E-state index contributed by atoms with van der Waals surface area (Å²) >= 11 is 12.0. The van der Waals surface area contributed by atoms with Crippen molar-refractivity contribution in [1.29, 1.82) is 0 Å². The van der Waals surface area contributed by atoms with Gasteiger partial charge in [0.05, 0.1) is 6.42 Å². The Labute approximate surface area is 128 Å². The van der Waals surface area contributed by atoms with Gasteiger partial charge in [-0.05, 0) is 24.1 Å². The summed E-state index contributed by atoms with van der Waals surface area (Å²) in [5.41, 5.74) is 0.507. The molecule has 1 unspecified atom stereocenters. The van der Waals surface area contributed by atoms with E-state index in [0.29, 0.717) is 22.0 Å². The molecular formula is C14H17Cl2NO3. The minimum Gasteiger partial charge on any atom is -0.480 e. The molecule has 1 rings (SSSR count). The van der Waals surface area contributed by atoms with Gasteiger partial charge in [-0.15, -0.1) is 0 Å². The maximum absolute atomic E-state index is 11.9. The van der Waals surface area contributed by atoms with Crippen LogP contribution in [0.2, 0.25) is 10.0 Å². The van der Waals surface area contributed by atoms with Gasteiger partial charge in [-0.2, -0.15) is 0 Å². The lowest BCUT2D eigenvalue weighted by Gasteiger charge is -2.14. The normalized spacial score (nSPS) is 11.9. The molecule has 6 heteroatoms. The number of hydrogen-bond acceptors (Lipinski definition) is 2. The van der Waals surface area contributed by atoms with Gasteiger partial charge in [-0.3, -0.25) is 4.79 Å². The van der Waals surface area contributed by atoms with Crippen molar-refractivity contribution in [1.82, 2.24) is 5.32 Å². The Hall–Kier alpha value is -1.26. The topological polar surface area (TPSA) is 66.4 Å². The summed E-state index contributed by atoms with van der Waals surface area (Å²) in [6.07, 6.45) is 1.99. The van der Waals surface area contributed by atoms with Gasteiger partial charge < -0.3 is 10.4 Å². The average Bonchev–Trinajstić information content (AvgIpc) is 2.38. The fourth-order valence-corrected chi connectivity index (χ4v) is 2.30. The maximum atomic E-state index is 11.9. The first-order chi connectivity index (χ1) is 9.45. The van der Waals surface area contributed by atoms with Crippen LogP contribution < -0.4 is 5.32 Å². The van der Waals surface area contributed by atoms with Crippen molar-refractivity contribution in [2.45, 2.75) is 38.6 Å². The first-order valence-corrected chi connectivity index (χ1v) is 7.16. The Balaban J connectivity index is 2.68. The summed E-state index contributed by atoms with van der Waals surface area (Å²) in [6, 6.07) is 4.10. The maximum Gasteiger partial charge on any atom is 0.326 e. The number of unbranched alkanes of at least 4 members (excludes halogenated alkanes) is 1. The smallest absolute Gasteiger partial charge is 0.326 e. The van der Waals surface area contributed by atoms with Crippen LogP contribution in [-0.4, -0.2) is 23.0 Å². The third-order valence-electron chi connectivity index (χ3n) is 2.88. The quantitative estimate of drug-likeness (QED) is 0.810. The molecule has 110 valence electrons. The Morgan fingerprint density at radius 1 is 1.30 bits per heavy atom. The largest absolute Gasteiger partial charge is 0.480 e. The standard InChI is InChI=1S/C14H17Cl2NO3/c1-2-3-7-12(14(19)20)17-13(18)8-9-10(15)5-4-6-11(9)16/h4-6,12H,2-3,7-8H2,1H3,(H,17,18)(H,19,20). The van der Waals surface area contributed by atoms with E-state index in [-0.39, 0.29) is 6.42 Å². The predicted molar refractivity (Wildman–Crippen MR) is 79.3 cm³/mol. The van der Waals surface area contributed by atoms with Crippen molar-refractivity contribution in [3.8, 4) is 0 Å². The van der Waals surface area contributed by atoms with Crippen LogP contribution in [0.1, 0.15) is 31.7 Å². The number of aliphatic carboxylic acids is 1. The van der Waals surface area contributed by atoms with E-state index in [0.717, 1.165) is 12.8 Å². The number of carbonyl (C=O) groups is 2. The Kier molecular flexibility index (Phi) is 6.82. The summed E-state index contributed by atoms with van der Waals surface area (Å²) < 4.78 is 0. The second-order valence-corrected chi connectivity index (χ2v) is 5.29. The molecule has 1 atom stereocenters. The minimum absolute atomic E-state index is 0.0333. The molecule has 0 saturated heterocycles. The predicted octanol–water partition coefficient (Wildman–Crippen LogP) is 3.30. The molecule has 20 heavy (non-hydrogen) atoms. The van der Waals surface area contributed by atoms with E-state index in [2.05, 4.69) is 5.32 Å². The molecule has 1 amide bonds. The first kappa shape index (κ1) is 16.8. The van der Waals surface area contributed by atoms with Crippen LogP contribution in [0.25, 0.3) is 0 Å². The molecule has 0 aromatic heterocycles. The van der Waals surface area contributed by atoms with Gasteiger partial charge >= 0.3 is 5.97 Å². The van der Waals surface area contributed by atoms with Crippen LogP contribution in [0.4, 0.5) is 0 Å². The number of rotatable bonds is 7. The van der Waals surface area contributed by atoms with Crippen molar-refractivity contribution < 1.29 is 14.7 Å². The van der Waals surface area contributed by atoms with Crippen LogP contribution in [0.5, 0.6) is 0 Å². The zero-order chi connectivity index (χ0) is 15.1. The van der Waals surface area contributed by atoms with Gasteiger partial charge in [-0.25, -0.2) is 4.79 Å². The fraction of sp³-hybridized carbons (Fsp3) is 0.429. The van der Waals surface area contributed by atoms with Gasteiger partial charge in [0.25, 0.3) is 0 Å². The molecule has 0 bridgehead atoms. The van der Waals surface area contributed by atoms with Crippen molar-refractivity contribution in [3.05, 3.63) is 33.8 Å². The highest BCUT2D eigenvalue weighted by Gasteiger charge is 2.20. The summed E-state index contributed by atoms with van der Waals surface area (Å²) in [6.45, 7) is 1.96. The van der Waals surface area contributed by atoms with Gasteiger partial charge in [0.2, 0.25) is 5.91 Å². The molecule has 0 fully saturated rings. The van der Waals surface area contributed by atoms with Gasteiger partial charge in [0.15, 0.2) is 0 Å². The van der Waals surface area contributed by atoms with Crippen molar-refractivity contribution >= 4 is 35.1 Å². The Morgan fingerprint density at radius 3 is 2.40 bits per heavy atom. The average molecular weight is 318 g/mol. The molecule has 4 nitrogen and oxygen atoms in total.